The summed E-state index contributed by atoms with van der Waals surface area (Å²) in [5, 5.41) is 11.1. The molecule has 2 aromatic carbocycles. The fourth-order valence-electron chi connectivity index (χ4n) is 3.42. The third-order valence-corrected chi connectivity index (χ3v) is 7.24. The second kappa shape index (κ2) is 11.1. The lowest BCUT2D eigenvalue weighted by Gasteiger charge is -2.35. The molecule has 1 unspecified atom stereocenters. The van der Waals surface area contributed by atoms with Gasteiger partial charge in [-0.15, -0.1) is 0 Å². The molecule has 0 saturated heterocycles. The van der Waals surface area contributed by atoms with Crippen LogP contribution in [0.1, 0.15) is 26.7 Å². The highest BCUT2D eigenvalue weighted by Crippen LogP contribution is 2.40. The van der Waals surface area contributed by atoms with Crippen molar-refractivity contribution in [2.75, 3.05) is 16.2 Å². The molecule has 1 aliphatic heterocycles. The number of carbonyl (C=O) groups excluding carboxylic acids is 1. The third kappa shape index (κ3) is 7.19. The highest BCUT2D eigenvalue weighted by molar-refractivity contribution is 7.92. The summed E-state index contributed by atoms with van der Waals surface area (Å²) < 4.78 is 107. The van der Waals surface area contributed by atoms with Gasteiger partial charge < -0.3 is 19.3 Å². The maximum atomic E-state index is 13.6. The standard InChI is InChI=1S/C23H23F5N2O8S/c1-22(2,23(26,27)28)38-21(33)29-13-6-8-18-17(10-13)30(12-15(36-18)7-9-19(31)32)39(34,35)16-5-3-4-14(11-16)37-20(24)25/h3-6,8,10-11,15,20H,7,9,12H2,1-2H3,(H,29,33)(H,31,32). The number of nitrogens with zero attached hydrogens (tertiary/aromatic N) is 1. The molecule has 0 saturated carbocycles. The smallest absolute Gasteiger partial charge is 0.427 e. The lowest BCUT2D eigenvalue weighted by atomic mass is 10.1. The van der Waals surface area contributed by atoms with Crippen molar-refractivity contribution in [3.8, 4) is 11.5 Å². The minimum Gasteiger partial charge on any atom is -0.486 e. The number of carboxylic acid groups (broad SMARTS) is 1. The number of hydrogen-bond acceptors (Lipinski definition) is 7. The Kier molecular flexibility index (Phi) is 8.47. The number of hydrogen-bond donors (Lipinski definition) is 2. The molecule has 0 spiro atoms. The Hall–Kier alpha value is -3.82. The third-order valence-electron chi connectivity index (χ3n) is 5.47. The second-order valence-electron chi connectivity index (χ2n) is 8.77. The molecule has 0 fully saturated rings. The monoisotopic (exact) mass is 582 g/mol. The minimum absolute atomic E-state index is 0.0465. The number of rotatable bonds is 9. The van der Waals surface area contributed by atoms with Crippen molar-refractivity contribution in [1.82, 2.24) is 0 Å². The van der Waals surface area contributed by atoms with Crippen LogP contribution in [0.5, 0.6) is 11.5 Å². The van der Waals surface area contributed by atoms with Crippen LogP contribution in [0.4, 0.5) is 38.1 Å². The van der Waals surface area contributed by atoms with Crippen molar-refractivity contribution in [1.29, 1.82) is 0 Å². The number of amides is 1. The van der Waals surface area contributed by atoms with Crippen molar-refractivity contribution in [3.63, 3.8) is 0 Å². The topological polar surface area (TPSA) is 131 Å². The Morgan fingerprint density at radius 3 is 2.49 bits per heavy atom. The van der Waals surface area contributed by atoms with E-state index in [9.17, 15) is 40.0 Å². The number of halogens is 5. The Morgan fingerprint density at radius 1 is 1.18 bits per heavy atom. The van der Waals surface area contributed by atoms with E-state index < -0.39 is 63.8 Å². The largest absolute Gasteiger partial charge is 0.486 e. The van der Waals surface area contributed by atoms with Gasteiger partial charge in [-0.05, 0) is 50.6 Å². The van der Waals surface area contributed by atoms with E-state index in [4.69, 9.17) is 9.84 Å². The first-order chi connectivity index (χ1) is 18.0. The zero-order valence-corrected chi connectivity index (χ0v) is 21.2. The molecule has 2 aromatic rings. The van der Waals surface area contributed by atoms with Gasteiger partial charge in [-0.25, -0.2) is 13.2 Å². The second-order valence-corrected chi connectivity index (χ2v) is 10.6. The van der Waals surface area contributed by atoms with Gasteiger partial charge in [0.2, 0.25) is 5.60 Å². The molecule has 39 heavy (non-hydrogen) atoms. The number of alkyl halides is 5. The first-order valence-corrected chi connectivity index (χ1v) is 12.6. The van der Waals surface area contributed by atoms with E-state index in [1.54, 1.807) is 0 Å². The van der Waals surface area contributed by atoms with Gasteiger partial charge in [0.15, 0.2) is 0 Å². The van der Waals surface area contributed by atoms with Crippen molar-refractivity contribution in [2.45, 2.75) is 56.1 Å². The maximum Gasteiger partial charge on any atom is 0.427 e. The van der Waals surface area contributed by atoms with Gasteiger partial charge >= 0.3 is 24.9 Å². The van der Waals surface area contributed by atoms with Crippen molar-refractivity contribution < 1.29 is 59.3 Å². The maximum absolute atomic E-state index is 13.6. The molecule has 10 nitrogen and oxygen atoms in total. The number of fused-ring (bicyclic) bond motifs is 1. The normalized spacial score (nSPS) is 15.8. The minimum atomic E-state index is -4.87. The summed E-state index contributed by atoms with van der Waals surface area (Å²) in [6.45, 7) is -2.34. The Bertz CT molecular complexity index is 1330. The Morgan fingerprint density at radius 2 is 1.87 bits per heavy atom. The lowest BCUT2D eigenvalue weighted by molar-refractivity contribution is -0.242. The molecule has 16 heteroatoms. The van der Waals surface area contributed by atoms with Gasteiger partial charge in [0.1, 0.15) is 17.6 Å². The van der Waals surface area contributed by atoms with Gasteiger partial charge in [0.25, 0.3) is 10.0 Å². The van der Waals surface area contributed by atoms with E-state index in [-0.39, 0.29) is 30.0 Å². The van der Waals surface area contributed by atoms with E-state index in [1.807, 2.05) is 0 Å². The average Bonchev–Trinajstić information content (AvgIpc) is 2.80. The van der Waals surface area contributed by atoms with E-state index >= 15 is 0 Å². The van der Waals surface area contributed by atoms with Crippen molar-refractivity contribution >= 4 is 33.5 Å². The van der Waals surface area contributed by atoms with Crippen LogP contribution in [-0.2, 0) is 19.6 Å². The average molecular weight is 583 g/mol. The van der Waals surface area contributed by atoms with E-state index in [2.05, 4.69) is 14.8 Å². The number of ether oxygens (including phenoxy) is 3. The predicted octanol–water partition coefficient (Wildman–Crippen LogP) is 5.00. The summed E-state index contributed by atoms with van der Waals surface area (Å²) in [6, 6.07) is 7.80. The van der Waals surface area contributed by atoms with Crippen LogP contribution in [-0.4, -0.2) is 56.6 Å². The summed E-state index contributed by atoms with van der Waals surface area (Å²) in [4.78, 5) is 22.7. The highest BCUT2D eigenvalue weighted by atomic mass is 32.2. The number of carbonyl (C=O) groups is 2. The van der Waals surface area contributed by atoms with Gasteiger partial charge in [0, 0.05) is 18.2 Å². The number of carboxylic acids is 1. The molecule has 1 aliphatic rings. The number of nitrogens with one attached hydrogen (secondary N) is 1. The number of sulfonamides is 1. The molecule has 0 radical (unpaired) electrons. The quantitative estimate of drug-likeness (QED) is 0.395. The summed E-state index contributed by atoms with van der Waals surface area (Å²) in [5.41, 5.74) is -3.14. The number of anilines is 2. The molecule has 0 bridgehead atoms. The SMILES string of the molecule is CC(C)(OC(=O)Nc1ccc2c(c1)N(S(=O)(=O)c1cccc(OC(F)F)c1)CC(CCC(=O)O)O2)C(F)(F)F. The number of benzene rings is 2. The van der Waals surface area contributed by atoms with Gasteiger partial charge in [-0.3, -0.25) is 14.4 Å². The fraction of sp³-hybridized carbons (Fsp3) is 0.391. The number of aliphatic carboxylic acids is 1. The van der Waals surface area contributed by atoms with Crippen LogP contribution in [0.2, 0.25) is 0 Å². The molecule has 1 amide bonds. The van der Waals surface area contributed by atoms with Crippen LogP contribution in [0, 0.1) is 0 Å². The predicted molar refractivity (Wildman–Crippen MR) is 126 cm³/mol. The molecule has 1 atom stereocenters. The zero-order valence-electron chi connectivity index (χ0n) is 20.4. The van der Waals surface area contributed by atoms with Crippen molar-refractivity contribution in [3.05, 3.63) is 42.5 Å². The molecule has 0 aliphatic carbocycles. The molecular weight excluding hydrogens is 559 g/mol. The molecule has 1 heterocycles. The summed E-state index contributed by atoms with van der Waals surface area (Å²) in [7, 11) is -4.51. The van der Waals surface area contributed by atoms with Crippen LogP contribution in [0.25, 0.3) is 0 Å². The van der Waals surface area contributed by atoms with Gasteiger partial charge in [-0.1, -0.05) is 6.07 Å². The van der Waals surface area contributed by atoms with E-state index in [0.29, 0.717) is 13.8 Å². The van der Waals surface area contributed by atoms with Crippen LogP contribution in [0.3, 0.4) is 0 Å². The zero-order chi connectivity index (χ0) is 29.2. The summed E-state index contributed by atoms with van der Waals surface area (Å²) in [5.74, 6) is -1.64. The van der Waals surface area contributed by atoms with Crippen LogP contribution in [0.15, 0.2) is 47.4 Å². The molecule has 214 valence electrons. The molecule has 2 N–H and O–H groups in total. The highest BCUT2D eigenvalue weighted by Gasteiger charge is 2.51. The van der Waals surface area contributed by atoms with Crippen LogP contribution >= 0.6 is 0 Å². The van der Waals surface area contributed by atoms with E-state index in [0.717, 1.165) is 28.6 Å². The Balaban J connectivity index is 1.97. The fourth-order valence-corrected chi connectivity index (χ4v) is 4.96. The lowest BCUT2D eigenvalue weighted by Crippen LogP contribution is -2.44. The van der Waals surface area contributed by atoms with E-state index in [1.165, 1.54) is 18.2 Å². The molecular formula is C23H23F5N2O8S. The Labute approximate surface area is 219 Å². The first kappa shape index (κ1) is 29.7. The van der Waals surface area contributed by atoms with Crippen LogP contribution < -0.4 is 19.1 Å². The summed E-state index contributed by atoms with van der Waals surface area (Å²) >= 11 is 0. The first-order valence-electron chi connectivity index (χ1n) is 11.2. The van der Waals surface area contributed by atoms with Gasteiger partial charge in [0.05, 0.1) is 17.1 Å². The summed E-state index contributed by atoms with van der Waals surface area (Å²) in [6.07, 6.45) is -7.72. The van der Waals surface area contributed by atoms with Crippen molar-refractivity contribution in [2.24, 2.45) is 0 Å². The molecule has 3 rings (SSSR count). The molecule has 0 aromatic heterocycles. The van der Waals surface area contributed by atoms with Gasteiger partial charge in [-0.2, -0.15) is 22.0 Å².